The number of hydrogen-bond donors (Lipinski definition) is 0. The highest BCUT2D eigenvalue weighted by Gasteiger charge is 2.28. The van der Waals surface area contributed by atoms with E-state index in [4.69, 9.17) is 0 Å². The molecule has 0 unspecified atom stereocenters. The molecule has 1 amide bonds. The minimum absolute atomic E-state index is 0.0481. The van der Waals surface area contributed by atoms with Crippen molar-refractivity contribution < 1.29 is 13.2 Å². The standard InChI is InChI=1S/C16H26N2O3S/c1-12(2)14-8-7-13(11-17-14)15(19)18(16(3,4)5)9-10-22(6,20)21/h7-8,11-12H,9-10H2,1-6H3. The molecule has 0 fully saturated rings. The largest absolute Gasteiger partial charge is 0.333 e. The Balaban J connectivity index is 3.01. The Bertz CT molecular complexity index is 614. The van der Waals surface area contributed by atoms with Crippen LogP contribution < -0.4 is 0 Å². The van der Waals surface area contributed by atoms with E-state index in [-0.39, 0.29) is 18.2 Å². The lowest BCUT2D eigenvalue weighted by molar-refractivity contribution is 0.0600. The molecule has 0 saturated carbocycles. The third kappa shape index (κ3) is 5.40. The van der Waals surface area contributed by atoms with Crippen molar-refractivity contribution in [2.45, 2.75) is 46.1 Å². The number of nitrogens with zero attached hydrogens (tertiary/aromatic N) is 2. The molecule has 124 valence electrons. The van der Waals surface area contributed by atoms with Gasteiger partial charge in [-0.05, 0) is 38.8 Å². The maximum atomic E-state index is 12.7. The van der Waals surface area contributed by atoms with Crippen LogP contribution in [0.3, 0.4) is 0 Å². The summed E-state index contributed by atoms with van der Waals surface area (Å²) in [6, 6.07) is 3.60. The van der Waals surface area contributed by atoms with E-state index in [1.807, 2.05) is 40.7 Å². The Kier molecular flexibility index (Phi) is 5.73. The first-order valence-corrected chi connectivity index (χ1v) is 9.43. The molecule has 0 saturated heterocycles. The lowest BCUT2D eigenvalue weighted by atomic mass is 10.0. The van der Waals surface area contributed by atoms with Crippen LogP contribution in [0.4, 0.5) is 0 Å². The van der Waals surface area contributed by atoms with Crippen LogP contribution in [-0.4, -0.2) is 48.3 Å². The van der Waals surface area contributed by atoms with E-state index >= 15 is 0 Å². The number of carbonyl (C=O) groups excluding carboxylic acids is 1. The molecule has 0 aliphatic rings. The van der Waals surface area contributed by atoms with Gasteiger partial charge in [-0.2, -0.15) is 0 Å². The predicted octanol–water partition coefficient (Wildman–Crippen LogP) is 2.49. The monoisotopic (exact) mass is 326 g/mol. The summed E-state index contributed by atoms with van der Waals surface area (Å²) in [7, 11) is -3.12. The Morgan fingerprint density at radius 2 is 1.86 bits per heavy atom. The van der Waals surface area contributed by atoms with Crippen LogP contribution in [0, 0.1) is 0 Å². The van der Waals surface area contributed by atoms with Gasteiger partial charge in [-0.25, -0.2) is 8.42 Å². The van der Waals surface area contributed by atoms with Crippen molar-refractivity contribution in [3.63, 3.8) is 0 Å². The zero-order chi connectivity index (χ0) is 17.1. The Morgan fingerprint density at radius 1 is 1.27 bits per heavy atom. The first kappa shape index (κ1) is 18.6. The van der Waals surface area contributed by atoms with Crippen LogP contribution in [0.2, 0.25) is 0 Å². The molecule has 0 N–H and O–H groups in total. The average Bonchev–Trinajstić information content (AvgIpc) is 2.35. The summed E-state index contributed by atoms with van der Waals surface area (Å²) in [6.45, 7) is 9.93. The van der Waals surface area contributed by atoms with Gasteiger partial charge in [0, 0.05) is 30.2 Å². The van der Waals surface area contributed by atoms with E-state index < -0.39 is 15.4 Å². The van der Waals surface area contributed by atoms with Gasteiger partial charge in [-0.3, -0.25) is 9.78 Å². The van der Waals surface area contributed by atoms with Crippen LogP contribution in [-0.2, 0) is 9.84 Å². The molecular weight excluding hydrogens is 300 g/mol. The number of sulfone groups is 1. The van der Waals surface area contributed by atoms with Crippen molar-refractivity contribution in [1.29, 1.82) is 0 Å². The van der Waals surface area contributed by atoms with Crippen molar-refractivity contribution in [1.82, 2.24) is 9.88 Å². The molecule has 5 nitrogen and oxygen atoms in total. The van der Waals surface area contributed by atoms with E-state index in [1.165, 1.54) is 6.26 Å². The predicted molar refractivity (Wildman–Crippen MR) is 88.8 cm³/mol. The van der Waals surface area contributed by atoms with Crippen molar-refractivity contribution in [3.8, 4) is 0 Å². The summed E-state index contributed by atoms with van der Waals surface area (Å²) in [5, 5.41) is 0. The molecule has 22 heavy (non-hydrogen) atoms. The molecule has 0 aromatic carbocycles. The molecule has 0 bridgehead atoms. The van der Waals surface area contributed by atoms with Gasteiger partial charge >= 0.3 is 0 Å². The van der Waals surface area contributed by atoms with Crippen LogP contribution in [0.1, 0.15) is 56.6 Å². The second kappa shape index (κ2) is 6.77. The number of amides is 1. The third-order valence-electron chi connectivity index (χ3n) is 3.37. The number of aromatic nitrogens is 1. The van der Waals surface area contributed by atoms with Crippen LogP contribution in [0.15, 0.2) is 18.3 Å². The second-order valence-electron chi connectivity index (χ2n) is 6.88. The number of pyridine rings is 1. The van der Waals surface area contributed by atoms with Crippen molar-refractivity contribution in [2.75, 3.05) is 18.6 Å². The smallest absolute Gasteiger partial charge is 0.255 e. The topological polar surface area (TPSA) is 67.3 Å². The molecule has 1 aromatic heterocycles. The molecule has 0 aliphatic carbocycles. The highest BCUT2D eigenvalue weighted by molar-refractivity contribution is 7.90. The average molecular weight is 326 g/mol. The van der Waals surface area contributed by atoms with E-state index in [0.29, 0.717) is 11.5 Å². The van der Waals surface area contributed by atoms with Gasteiger partial charge in [0.15, 0.2) is 0 Å². The fraction of sp³-hybridized carbons (Fsp3) is 0.625. The molecule has 1 rings (SSSR count). The molecule has 6 heteroatoms. The van der Waals surface area contributed by atoms with Crippen LogP contribution in [0.5, 0.6) is 0 Å². The fourth-order valence-electron chi connectivity index (χ4n) is 2.03. The first-order chi connectivity index (χ1) is 9.92. The summed E-state index contributed by atoms with van der Waals surface area (Å²) >= 11 is 0. The maximum absolute atomic E-state index is 12.7. The highest BCUT2D eigenvalue weighted by Crippen LogP contribution is 2.18. The normalized spacial score (nSPS) is 12.5. The summed E-state index contributed by atoms with van der Waals surface area (Å²) in [4.78, 5) is 18.6. The van der Waals surface area contributed by atoms with E-state index in [9.17, 15) is 13.2 Å². The molecule has 0 radical (unpaired) electrons. The first-order valence-electron chi connectivity index (χ1n) is 7.37. The SMILES string of the molecule is CC(C)c1ccc(C(=O)N(CCS(C)(=O)=O)C(C)(C)C)cn1. The van der Waals surface area contributed by atoms with Gasteiger partial charge in [0.25, 0.3) is 5.91 Å². The van der Waals surface area contributed by atoms with Crippen molar-refractivity contribution >= 4 is 15.7 Å². The Labute approximate surface area is 133 Å². The zero-order valence-corrected chi connectivity index (χ0v) is 15.1. The molecule has 0 aliphatic heterocycles. The van der Waals surface area contributed by atoms with Crippen LogP contribution >= 0.6 is 0 Å². The van der Waals surface area contributed by atoms with Gasteiger partial charge in [-0.1, -0.05) is 13.8 Å². The van der Waals surface area contributed by atoms with E-state index in [0.717, 1.165) is 5.69 Å². The maximum Gasteiger partial charge on any atom is 0.255 e. The molecular formula is C16H26N2O3S. The van der Waals surface area contributed by atoms with Gasteiger partial charge in [0.2, 0.25) is 0 Å². The highest BCUT2D eigenvalue weighted by atomic mass is 32.2. The minimum Gasteiger partial charge on any atom is -0.333 e. The summed E-state index contributed by atoms with van der Waals surface area (Å²) in [5.74, 6) is 0.0557. The lowest BCUT2D eigenvalue weighted by Crippen LogP contribution is -2.47. The number of carbonyl (C=O) groups is 1. The third-order valence-corrected chi connectivity index (χ3v) is 4.29. The van der Waals surface area contributed by atoms with E-state index in [2.05, 4.69) is 4.98 Å². The summed E-state index contributed by atoms with van der Waals surface area (Å²) < 4.78 is 22.8. The number of hydrogen-bond acceptors (Lipinski definition) is 4. The van der Waals surface area contributed by atoms with Gasteiger partial charge < -0.3 is 4.90 Å². The van der Waals surface area contributed by atoms with Crippen molar-refractivity contribution in [2.24, 2.45) is 0 Å². The summed E-state index contributed by atoms with van der Waals surface area (Å²) in [5.41, 5.74) is 0.946. The molecule has 1 heterocycles. The molecule has 0 atom stereocenters. The van der Waals surface area contributed by atoms with Gasteiger partial charge in [0.05, 0.1) is 11.3 Å². The fourth-order valence-corrected chi connectivity index (χ4v) is 2.54. The summed E-state index contributed by atoms with van der Waals surface area (Å²) in [6.07, 6.45) is 2.74. The van der Waals surface area contributed by atoms with Gasteiger partial charge in [0.1, 0.15) is 9.84 Å². The van der Waals surface area contributed by atoms with Gasteiger partial charge in [-0.15, -0.1) is 0 Å². The molecule has 0 spiro atoms. The zero-order valence-electron chi connectivity index (χ0n) is 14.3. The lowest BCUT2D eigenvalue weighted by Gasteiger charge is -2.35. The molecule has 1 aromatic rings. The van der Waals surface area contributed by atoms with Crippen LogP contribution in [0.25, 0.3) is 0 Å². The Hall–Kier alpha value is -1.43. The second-order valence-corrected chi connectivity index (χ2v) is 9.14. The Morgan fingerprint density at radius 3 is 2.23 bits per heavy atom. The van der Waals surface area contributed by atoms with Crippen molar-refractivity contribution in [3.05, 3.63) is 29.6 Å². The number of rotatable bonds is 5. The van der Waals surface area contributed by atoms with E-state index in [1.54, 1.807) is 17.2 Å². The minimum atomic E-state index is -3.12. The quantitative estimate of drug-likeness (QED) is 0.834.